The quantitative estimate of drug-likeness (QED) is 0.456. The van der Waals surface area contributed by atoms with Crippen LogP contribution in [0, 0.1) is 11.8 Å². The fourth-order valence-corrected chi connectivity index (χ4v) is 3.48. The van der Waals surface area contributed by atoms with Gasteiger partial charge in [0.25, 0.3) is 6.29 Å². The minimum Gasteiger partial charge on any atom is -0.466 e. The highest BCUT2D eigenvalue weighted by molar-refractivity contribution is 6.28. The summed E-state index contributed by atoms with van der Waals surface area (Å²) in [5, 5.41) is 1.98. The van der Waals surface area contributed by atoms with Gasteiger partial charge in [-0.15, -0.1) is 11.6 Å². The Hall–Kier alpha value is -1.80. The summed E-state index contributed by atoms with van der Waals surface area (Å²) < 4.78 is 21.0. The van der Waals surface area contributed by atoms with Crippen LogP contribution in [0.2, 0.25) is 0 Å². The molecule has 23 heavy (non-hydrogen) atoms. The van der Waals surface area contributed by atoms with Crippen LogP contribution in [0.3, 0.4) is 0 Å². The molecule has 2 aliphatic heterocycles. The van der Waals surface area contributed by atoms with Crippen LogP contribution in [0.1, 0.15) is 13.3 Å². The number of methoxy groups -OCH3 is 1. The molecule has 0 spiro atoms. The maximum atomic E-state index is 11.9. The van der Waals surface area contributed by atoms with E-state index in [0.29, 0.717) is 12.0 Å². The number of halogens is 1. The van der Waals surface area contributed by atoms with E-state index < -0.39 is 29.9 Å². The zero-order valence-electron chi connectivity index (χ0n) is 12.5. The van der Waals surface area contributed by atoms with Gasteiger partial charge in [0.05, 0.1) is 31.0 Å². The summed E-state index contributed by atoms with van der Waals surface area (Å²) in [5.74, 6) is -2.06. The van der Waals surface area contributed by atoms with Crippen LogP contribution in [-0.4, -0.2) is 49.0 Å². The second-order valence-corrected chi connectivity index (χ2v) is 6.08. The molecule has 1 N–H and O–H groups in total. The van der Waals surface area contributed by atoms with E-state index in [0.717, 1.165) is 0 Å². The van der Waals surface area contributed by atoms with Crippen molar-refractivity contribution in [3.05, 3.63) is 11.8 Å². The molecule has 0 aromatic carbocycles. The Morgan fingerprint density at radius 1 is 1.48 bits per heavy atom. The standard InChI is InChI=1S/C14H16ClNO7/c1-14-8(23-14)3-6-7(11(18)20-2)5-21-12(10(6)14)22-13(19)16-9(17)4-15/h5-6,8,10,12H,3-4H2,1-2H3,(H,16,17,19). The average molecular weight is 346 g/mol. The maximum absolute atomic E-state index is 11.9. The Morgan fingerprint density at radius 2 is 2.22 bits per heavy atom. The van der Waals surface area contributed by atoms with Crippen LogP contribution >= 0.6 is 11.6 Å². The first-order valence-electron chi connectivity index (χ1n) is 7.08. The number of hydrogen-bond donors (Lipinski definition) is 1. The van der Waals surface area contributed by atoms with E-state index in [1.807, 2.05) is 12.2 Å². The van der Waals surface area contributed by atoms with E-state index in [4.69, 9.17) is 30.5 Å². The number of ether oxygens (including phenoxy) is 4. The van der Waals surface area contributed by atoms with E-state index in [-0.39, 0.29) is 23.8 Å². The first kappa shape index (κ1) is 16.1. The maximum Gasteiger partial charge on any atom is 0.416 e. The van der Waals surface area contributed by atoms with Crippen molar-refractivity contribution in [2.75, 3.05) is 13.0 Å². The molecule has 9 heteroatoms. The largest absolute Gasteiger partial charge is 0.466 e. The van der Waals surface area contributed by atoms with Crippen LogP contribution < -0.4 is 5.32 Å². The van der Waals surface area contributed by atoms with E-state index in [1.165, 1.54) is 13.4 Å². The molecule has 1 saturated heterocycles. The predicted octanol–water partition coefficient (Wildman–Crippen LogP) is 0.685. The predicted molar refractivity (Wildman–Crippen MR) is 75.2 cm³/mol. The highest BCUT2D eigenvalue weighted by Crippen LogP contribution is 2.60. The molecule has 3 rings (SSSR count). The van der Waals surface area contributed by atoms with E-state index in [9.17, 15) is 14.4 Å². The normalized spacial score (nSPS) is 36.7. The van der Waals surface area contributed by atoms with Gasteiger partial charge < -0.3 is 18.9 Å². The SMILES string of the molecule is COC(=O)C1=COC(OC(=O)NC(=O)CCl)C2C1CC1OC12C. The molecule has 3 aliphatic rings. The van der Waals surface area contributed by atoms with Gasteiger partial charge in [0.1, 0.15) is 11.5 Å². The molecule has 1 saturated carbocycles. The minimum absolute atomic E-state index is 0.0223. The zero-order valence-corrected chi connectivity index (χ0v) is 13.3. The Bertz CT molecular complexity index is 592. The van der Waals surface area contributed by atoms with E-state index >= 15 is 0 Å². The van der Waals surface area contributed by atoms with Gasteiger partial charge in [0.15, 0.2) is 0 Å². The number of amides is 2. The van der Waals surface area contributed by atoms with Crippen molar-refractivity contribution in [2.24, 2.45) is 11.8 Å². The minimum atomic E-state index is -0.964. The summed E-state index contributed by atoms with van der Waals surface area (Å²) in [5.41, 5.74) is -0.133. The Balaban J connectivity index is 1.77. The lowest BCUT2D eigenvalue weighted by Crippen LogP contribution is -2.45. The van der Waals surface area contributed by atoms with Crippen LogP contribution in [0.4, 0.5) is 4.79 Å². The average Bonchev–Trinajstić information content (AvgIpc) is 3.07. The molecule has 8 nitrogen and oxygen atoms in total. The monoisotopic (exact) mass is 345 g/mol. The lowest BCUT2D eigenvalue weighted by Gasteiger charge is -2.35. The number of rotatable bonds is 3. The number of nitrogens with one attached hydrogen (secondary N) is 1. The molecule has 0 aromatic heterocycles. The summed E-state index contributed by atoms with van der Waals surface area (Å²) >= 11 is 5.32. The second-order valence-electron chi connectivity index (χ2n) is 5.81. The first-order chi connectivity index (χ1) is 10.9. The first-order valence-corrected chi connectivity index (χ1v) is 7.62. The summed E-state index contributed by atoms with van der Waals surface area (Å²) in [6.07, 6.45) is -0.0716. The van der Waals surface area contributed by atoms with Crippen LogP contribution in [0.15, 0.2) is 11.8 Å². The van der Waals surface area contributed by atoms with Gasteiger partial charge in [-0.2, -0.15) is 0 Å². The fraction of sp³-hybridized carbons (Fsp3) is 0.643. The third kappa shape index (κ3) is 2.66. The van der Waals surface area contributed by atoms with Crippen LogP contribution in [0.5, 0.6) is 0 Å². The molecule has 5 unspecified atom stereocenters. The molecule has 2 amide bonds. The number of carbonyl (C=O) groups excluding carboxylic acids is 3. The highest BCUT2D eigenvalue weighted by atomic mass is 35.5. The van der Waals surface area contributed by atoms with Gasteiger partial charge in [-0.25, -0.2) is 9.59 Å². The lowest BCUT2D eigenvalue weighted by molar-refractivity contribution is -0.150. The number of esters is 1. The third-order valence-corrected chi connectivity index (χ3v) is 4.81. The summed E-state index contributed by atoms with van der Waals surface area (Å²) in [4.78, 5) is 34.7. The van der Waals surface area contributed by atoms with Gasteiger partial charge in [0, 0.05) is 5.92 Å². The number of epoxide rings is 1. The second kappa shape index (κ2) is 5.68. The summed E-state index contributed by atoms with van der Waals surface area (Å²) in [7, 11) is 1.29. The van der Waals surface area contributed by atoms with Gasteiger partial charge in [-0.05, 0) is 13.3 Å². The number of fused-ring (bicyclic) bond motifs is 3. The number of hydrogen-bond acceptors (Lipinski definition) is 7. The molecule has 0 radical (unpaired) electrons. The van der Waals surface area contributed by atoms with Gasteiger partial charge in [-0.3, -0.25) is 10.1 Å². The molecule has 1 aliphatic carbocycles. The highest BCUT2D eigenvalue weighted by Gasteiger charge is 2.71. The molecule has 0 aromatic rings. The number of alkyl carbamates (subject to hydrolysis) is 1. The molecule has 2 heterocycles. The molecule has 5 atom stereocenters. The van der Waals surface area contributed by atoms with Crippen molar-refractivity contribution >= 4 is 29.6 Å². The van der Waals surface area contributed by atoms with Crippen molar-refractivity contribution in [2.45, 2.75) is 31.3 Å². The Labute approximate surface area is 137 Å². The van der Waals surface area contributed by atoms with Crippen LogP contribution in [0.25, 0.3) is 0 Å². The molecular formula is C14H16ClNO7. The zero-order chi connectivity index (χ0) is 16.8. The van der Waals surface area contributed by atoms with Gasteiger partial charge in [-0.1, -0.05) is 0 Å². The molecule has 2 fully saturated rings. The number of alkyl halides is 1. The summed E-state index contributed by atoms with van der Waals surface area (Å²) in [6, 6.07) is 0. The molecule has 0 bridgehead atoms. The van der Waals surface area contributed by atoms with E-state index in [1.54, 1.807) is 0 Å². The van der Waals surface area contributed by atoms with Crippen molar-refractivity contribution in [3.63, 3.8) is 0 Å². The van der Waals surface area contributed by atoms with Gasteiger partial charge in [0.2, 0.25) is 5.91 Å². The van der Waals surface area contributed by atoms with Crippen molar-refractivity contribution in [1.82, 2.24) is 5.32 Å². The topological polar surface area (TPSA) is 103 Å². The molecular weight excluding hydrogens is 330 g/mol. The van der Waals surface area contributed by atoms with Crippen molar-refractivity contribution in [3.8, 4) is 0 Å². The fourth-order valence-electron chi connectivity index (χ4n) is 3.42. The van der Waals surface area contributed by atoms with Crippen LogP contribution in [-0.2, 0) is 28.5 Å². The number of carbonyl (C=O) groups is 3. The lowest BCUT2D eigenvalue weighted by atomic mass is 9.82. The molecule has 126 valence electrons. The third-order valence-electron chi connectivity index (χ3n) is 4.57. The number of imide groups is 1. The van der Waals surface area contributed by atoms with Crippen molar-refractivity contribution < 1.29 is 33.3 Å². The van der Waals surface area contributed by atoms with Gasteiger partial charge >= 0.3 is 12.1 Å². The Morgan fingerprint density at radius 3 is 2.87 bits per heavy atom. The summed E-state index contributed by atoms with van der Waals surface area (Å²) in [6.45, 7) is 1.88. The Kier molecular flexibility index (Phi) is 3.97. The van der Waals surface area contributed by atoms with E-state index in [2.05, 4.69) is 0 Å². The smallest absolute Gasteiger partial charge is 0.416 e. The van der Waals surface area contributed by atoms with Crippen molar-refractivity contribution in [1.29, 1.82) is 0 Å².